The van der Waals surface area contributed by atoms with Gasteiger partial charge in [-0.15, -0.1) is 0 Å². The lowest BCUT2D eigenvalue weighted by atomic mass is 10.0. The van der Waals surface area contributed by atoms with E-state index < -0.39 is 6.10 Å². The number of piperidine rings is 1. The molecule has 3 rings (SSSR count). The quantitative estimate of drug-likeness (QED) is 0.654. The van der Waals surface area contributed by atoms with Gasteiger partial charge in [-0.25, -0.2) is 0 Å². The summed E-state index contributed by atoms with van der Waals surface area (Å²) < 4.78 is 6.04. The molecule has 0 unspecified atom stereocenters. The van der Waals surface area contributed by atoms with Gasteiger partial charge in [-0.3, -0.25) is 9.69 Å². The molecule has 0 bridgehead atoms. The average molecular weight is 409 g/mol. The van der Waals surface area contributed by atoms with Crippen LogP contribution in [-0.2, 0) is 17.9 Å². The Labute approximate surface area is 181 Å². The minimum atomic E-state index is -0.541. The number of carbonyl (C=O) groups excluding carboxylic acids is 1. The predicted molar refractivity (Wildman–Crippen MR) is 123 cm³/mol. The molecule has 0 aromatic heterocycles. The zero-order valence-corrected chi connectivity index (χ0v) is 18.9. The van der Waals surface area contributed by atoms with Gasteiger partial charge in [-0.1, -0.05) is 56.7 Å². The van der Waals surface area contributed by atoms with Crippen LogP contribution in [0.2, 0.25) is 0 Å². The monoisotopic (exact) mass is 408 g/mol. The van der Waals surface area contributed by atoms with Gasteiger partial charge >= 0.3 is 0 Å². The van der Waals surface area contributed by atoms with Gasteiger partial charge in [-0.05, 0) is 74.0 Å². The number of aryl methyl sites for hydroxylation is 1. The molecule has 1 aliphatic heterocycles. The number of rotatable bonds is 8. The van der Waals surface area contributed by atoms with Crippen LogP contribution in [0.3, 0.4) is 0 Å². The molecule has 2 aromatic rings. The number of hydrogen-bond acceptors (Lipinski definition) is 3. The Balaban J connectivity index is 1.55. The third-order valence-corrected chi connectivity index (χ3v) is 5.78. The molecular weight excluding hydrogens is 372 g/mol. The summed E-state index contributed by atoms with van der Waals surface area (Å²) in [5, 5.41) is 3.04. The van der Waals surface area contributed by atoms with E-state index in [-0.39, 0.29) is 5.91 Å². The minimum absolute atomic E-state index is 0.0901. The molecule has 1 atom stereocenters. The van der Waals surface area contributed by atoms with Gasteiger partial charge in [0.15, 0.2) is 6.10 Å². The van der Waals surface area contributed by atoms with Crippen molar-refractivity contribution in [3.8, 4) is 5.75 Å². The van der Waals surface area contributed by atoms with E-state index in [9.17, 15) is 4.79 Å². The second kappa shape index (κ2) is 10.6. The van der Waals surface area contributed by atoms with Crippen molar-refractivity contribution in [2.75, 3.05) is 13.1 Å². The lowest BCUT2D eigenvalue weighted by Crippen LogP contribution is -2.36. The first-order valence-electron chi connectivity index (χ1n) is 11.3. The Morgan fingerprint density at radius 3 is 2.50 bits per heavy atom. The molecule has 1 fully saturated rings. The van der Waals surface area contributed by atoms with Crippen LogP contribution in [0.15, 0.2) is 42.5 Å². The number of carbonyl (C=O) groups is 1. The van der Waals surface area contributed by atoms with E-state index in [1.807, 2.05) is 19.9 Å². The lowest BCUT2D eigenvalue weighted by Gasteiger charge is -2.26. The summed E-state index contributed by atoms with van der Waals surface area (Å²) in [6, 6.07) is 14.7. The van der Waals surface area contributed by atoms with Gasteiger partial charge < -0.3 is 10.1 Å². The van der Waals surface area contributed by atoms with Crippen LogP contribution >= 0.6 is 0 Å². The highest BCUT2D eigenvalue weighted by molar-refractivity contribution is 5.80. The van der Waals surface area contributed by atoms with Crippen LogP contribution in [0.25, 0.3) is 0 Å². The molecule has 1 aliphatic rings. The molecule has 4 heteroatoms. The van der Waals surface area contributed by atoms with Crippen molar-refractivity contribution in [1.29, 1.82) is 0 Å². The molecule has 1 amide bonds. The SMILES string of the molecule is Cc1ccc(C(C)C)c(O[C@H](C)C(=O)NCc2cccc(CN3CCCCC3)c2)c1. The Morgan fingerprint density at radius 1 is 1.03 bits per heavy atom. The van der Waals surface area contributed by atoms with Crippen molar-refractivity contribution in [3.05, 3.63) is 64.7 Å². The van der Waals surface area contributed by atoms with Crippen molar-refractivity contribution in [2.45, 2.75) is 72.1 Å². The van der Waals surface area contributed by atoms with Crippen molar-refractivity contribution < 1.29 is 9.53 Å². The fourth-order valence-corrected chi connectivity index (χ4v) is 4.01. The van der Waals surface area contributed by atoms with Crippen LogP contribution in [0.5, 0.6) is 5.75 Å². The fraction of sp³-hybridized carbons (Fsp3) is 0.500. The third kappa shape index (κ3) is 6.33. The van der Waals surface area contributed by atoms with Gasteiger partial charge in [0.05, 0.1) is 0 Å². The van der Waals surface area contributed by atoms with E-state index in [4.69, 9.17) is 4.74 Å². The Bertz CT molecular complexity index is 841. The molecule has 4 nitrogen and oxygen atoms in total. The number of amides is 1. The summed E-state index contributed by atoms with van der Waals surface area (Å²) in [4.78, 5) is 15.2. The van der Waals surface area contributed by atoms with Gasteiger partial charge in [0.2, 0.25) is 0 Å². The number of nitrogens with zero attached hydrogens (tertiary/aromatic N) is 1. The zero-order valence-electron chi connectivity index (χ0n) is 18.9. The Morgan fingerprint density at radius 2 is 1.77 bits per heavy atom. The summed E-state index contributed by atoms with van der Waals surface area (Å²) in [7, 11) is 0. The van der Waals surface area contributed by atoms with Gasteiger partial charge in [-0.2, -0.15) is 0 Å². The molecule has 1 N–H and O–H groups in total. The molecule has 2 aromatic carbocycles. The van der Waals surface area contributed by atoms with E-state index in [2.05, 4.69) is 60.5 Å². The third-order valence-electron chi connectivity index (χ3n) is 5.78. The van der Waals surface area contributed by atoms with E-state index in [0.717, 1.165) is 29.0 Å². The topological polar surface area (TPSA) is 41.6 Å². The summed E-state index contributed by atoms with van der Waals surface area (Å²) in [6.07, 6.45) is 3.41. The summed E-state index contributed by atoms with van der Waals surface area (Å²) in [5.41, 5.74) is 4.70. The van der Waals surface area contributed by atoms with E-state index >= 15 is 0 Å². The van der Waals surface area contributed by atoms with E-state index in [0.29, 0.717) is 12.5 Å². The van der Waals surface area contributed by atoms with Crippen molar-refractivity contribution in [3.63, 3.8) is 0 Å². The number of hydrogen-bond donors (Lipinski definition) is 1. The molecule has 0 spiro atoms. The minimum Gasteiger partial charge on any atom is -0.481 e. The van der Waals surface area contributed by atoms with Crippen LogP contribution in [-0.4, -0.2) is 30.0 Å². The zero-order chi connectivity index (χ0) is 21.5. The van der Waals surface area contributed by atoms with E-state index in [1.165, 1.54) is 37.9 Å². The predicted octanol–water partition coefficient (Wildman–Crippen LogP) is 5.19. The maximum Gasteiger partial charge on any atom is 0.261 e. The highest BCUT2D eigenvalue weighted by atomic mass is 16.5. The van der Waals surface area contributed by atoms with Gasteiger partial charge in [0, 0.05) is 13.1 Å². The van der Waals surface area contributed by atoms with Crippen molar-refractivity contribution >= 4 is 5.91 Å². The number of likely N-dealkylation sites (tertiary alicyclic amines) is 1. The Hall–Kier alpha value is -2.33. The molecule has 0 saturated carbocycles. The first-order chi connectivity index (χ1) is 14.4. The summed E-state index contributed by atoms with van der Waals surface area (Å²) >= 11 is 0. The smallest absolute Gasteiger partial charge is 0.261 e. The molecule has 162 valence electrons. The highest BCUT2D eigenvalue weighted by Crippen LogP contribution is 2.28. The van der Waals surface area contributed by atoms with Crippen LogP contribution in [0.1, 0.15) is 68.2 Å². The Kier molecular flexibility index (Phi) is 7.92. The van der Waals surface area contributed by atoms with Gasteiger partial charge in [0.25, 0.3) is 5.91 Å². The van der Waals surface area contributed by atoms with Gasteiger partial charge in [0.1, 0.15) is 5.75 Å². The maximum absolute atomic E-state index is 12.6. The normalized spacial score (nSPS) is 15.8. The number of benzene rings is 2. The second-order valence-electron chi connectivity index (χ2n) is 8.83. The van der Waals surface area contributed by atoms with E-state index in [1.54, 1.807) is 0 Å². The molecular formula is C26H36N2O2. The van der Waals surface area contributed by atoms with Crippen molar-refractivity contribution in [2.24, 2.45) is 0 Å². The number of nitrogens with one attached hydrogen (secondary N) is 1. The first kappa shape index (κ1) is 22.4. The van der Waals surface area contributed by atoms with Crippen LogP contribution in [0, 0.1) is 6.92 Å². The lowest BCUT2D eigenvalue weighted by molar-refractivity contribution is -0.127. The molecule has 0 aliphatic carbocycles. The van der Waals surface area contributed by atoms with Crippen LogP contribution in [0.4, 0.5) is 0 Å². The largest absolute Gasteiger partial charge is 0.481 e. The maximum atomic E-state index is 12.6. The standard InChI is InChI=1S/C26H36N2O2/c1-19(2)24-12-11-20(3)15-25(24)30-21(4)26(29)27-17-22-9-8-10-23(16-22)18-28-13-6-5-7-14-28/h8-12,15-16,19,21H,5-7,13-14,17-18H2,1-4H3,(H,27,29)/t21-/m1/s1. The second-order valence-corrected chi connectivity index (χ2v) is 8.83. The molecule has 30 heavy (non-hydrogen) atoms. The van der Waals surface area contributed by atoms with Crippen LogP contribution < -0.4 is 10.1 Å². The van der Waals surface area contributed by atoms with Crippen molar-refractivity contribution in [1.82, 2.24) is 10.2 Å². The summed E-state index contributed by atoms with van der Waals surface area (Å²) in [5.74, 6) is 1.06. The number of ether oxygens (including phenoxy) is 1. The molecule has 0 radical (unpaired) electrons. The first-order valence-corrected chi connectivity index (χ1v) is 11.3. The molecule has 1 heterocycles. The summed E-state index contributed by atoms with van der Waals surface area (Å²) in [6.45, 7) is 12.0. The molecule has 1 saturated heterocycles. The fourth-order valence-electron chi connectivity index (χ4n) is 4.01. The highest BCUT2D eigenvalue weighted by Gasteiger charge is 2.18. The average Bonchev–Trinajstić information content (AvgIpc) is 2.73.